The molecule has 6 aromatic rings. The van der Waals surface area contributed by atoms with Crippen LogP contribution < -0.4 is 26.4 Å². The van der Waals surface area contributed by atoms with E-state index in [0.717, 1.165) is 0 Å². The van der Waals surface area contributed by atoms with Crippen molar-refractivity contribution in [2.24, 2.45) is 0 Å². The fraction of sp³-hybridized carbons (Fsp3) is 0.250. The predicted octanol–water partition coefficient (Wildman–Crippen LogP) is 6.65. The third kappa shape index (κ3) is 11.7. The van der Waals surface area contributed by atoms with Gasteiger partial charge in [-0.05, 0) is 55.4 Å². The summed E-state index contributed by atoms with van der Waals surface area (Å²) >= 11 is -3.26. The summed E-state index contributed by atoms with van der Waals surface area (Å²) < 4.78 is 29.8. The van der Waals surface area contributed by atoms with Crippen LogP contribution in [0.25, 0.3) is 0 Å². The minimum absolute atomic E-state index is 0.187. The van der Waals surface area contributed by atoms with Crippen molar-refractivity contribution in [3.05, 3.63) is 182 Å². The van der Waals surface area contributed by atoms with Crippen LogP contribution in [-0.2, 0) is 18.6 Å². The Kier molecular flexibility index (Phi) is 15.7. The van der Waals surface area contributed by atoms with Crippen LogP contribution in [0.15, 0.2) is 182 Å². The quantitative estimate of drug-likeness (QED) is 0.176. The van der Waals surface area contributed by atoms with E-state index in [1.807, 2.05) is 55.4 Å². The molecule has 8 rings (SSSR count). The predicted molar refractivity (Wildman–Crippen MR) is 240 cm³/mol. The molecule has 0 bridgehead atoms. The van der Waals surface area contributed by atoms with E-state index in [1.54, 1.807) is 0 Å². The Hall–Kier alpha value is -3.62. The number of hydrogen-bond donors (Lipinski definition) is 0. The molecule has 0 spiro atoms. The second-order valence-electron chi connectivity index (χ2n) is 15.7. The number of rotatable bonds is 6. The Morgan fingerprint density at radius 1 is 0.268 bits per heavy atom. The molecule has 4 radical (unpaired) electrons. The summed E-state index contributed by atoms with van der Waals surface area (Å²) in [5.41, 5.74) is -0.750. The van der Waals surface area contributed by atoms with Gasteiger partial charge in [0, 0.05) is 0 Å². The molecule has 2 fully saturated rings. The standard InChI is InChI=1S/2C18H15Ge.2C6H12BO2/c2*1-4-10-16(11-5-1)19(17-12-6-2-7-13-17)18-14-8-3-9-15-18;2*1-5(2)6(3,4)9-7-8-5/h2*1-15H;2*1-4H3. The average molecular weight is 862 g/mol. The van der Waals surface area contributed by atoms with Gasteiger partial charge in [-0.2, -0.15) is 0 Å². The Bertz CT molecular complexity index is 1640. The molecule has 0 aromatic heterocycles. The molecule has 8 heteroatoms. The molecule has 0 aliphatic carbocycles. The van der Waals surface area contributed by atoms with Crippen molar-refractivity contribution in [3.63, 3.8) is 0 Å². The van der Waals surface area contributed by atoms with E-state index >= 15 is 0 Å². The van der Waals surface area contributed by atoms with Crippen LogP contribution in [0.3, 0.4) is 0 Å². The molecule has 0 N–H and O–H groups in total. The molecule has 6 aromatic carbocycles. The molecule has 4 nitrogen and oxygen atoms in total. The van der Waals surface area contributed by atoms with Crippen molar-refractivity contribution in [3.8, 4) is 0 Å². The fourth-order valence-corrected chi connectivity index (χ4v) is 16.5. The van der Waals surface area contributed by atoms with Gasteiger partial charge in [-0.15, -0.1) is 0 Å². The topological polar surface area (TPSA) is 36.9 Å². The summed E-state index contributed by atoms with van der Waals surface area (Å²) in [5, 5.41) is 0. The van der Waals surface area contributed by atoms with E-state index in [0.29, 0.717) is 0 Å². The van der Waals surface area contributed by atoms with Gasteiger partial charge in [0.2, 0.25) is 0 Å². The number of hydrogen-bond acceptors (Lipinski definition) is 4. The Balaban J connectivity index is 0.000000152. The van der Waals surface area contributed by atoms with Crippen LogP contribution in [0.5, 0.6) is 0 Å². The van der Waals surface area contributed by atoms with Crippen molar-refractivity contribution in [2.75, 3.05) is 0 Å². The molecule has 0 unspecified atom stereocenters. The van der Waals surface area contributed by atoms with Crippen molar-refractivity contribution in [1.29, 1.82) is 0 Å². The zero-order valence-corrected chi connectivity index (χ0v) is 38.3. The van der Waals surface area contributed by atoms with Crippen molar-refractivity contribution in [1.82, 2.24) is 0 Å². The SMILES string of the molecule is CC1(C)O[B]OC1(C)C.CC1(C)O[B]OC1(C)C.c1cc[c]([Ge]([c]2ccccc2)[c]2ccccc2)cc1.c1cc[c]([Ge]([c]2ccccc2)[c]2ccccc2)cc1. The Morgan fingerprint density at radius 3 is 0.518 bits per heavy atom. The van der Waals surface area contributed by atoms with Gasteiger partial charge in [0.15, 0.2) is 0 Å². The van der Waals surface area contributed by atoms with Crippen molar-refractivity contribution >= 4 is 70.4 Å². The molecule has 56 heavy (non-hydrogen) atoms. The van der Waals surface area contributed by atoms with Gasteiger partial charge in [-0.25, -0.2) is 0 Å². The summed E-state index contributed by atoms with van der Waals surface area (Å²) in [5.74, 6) is 0. The second-order valence-corrected chi connectivity index (χ2v) is 26.1. The number of benzene rings is 6. The van der Waals surface area contributed by atoms with Gasteiger partial charge in [0.25, 0.3) is 0 Å². The minimum atomic E-state index is -1.63. The summed E-state index contributed by atoms with van der Waals surface area (Å²) in [7, 11) is 2.83. The third-order valence-electron chi connectivity index (χ3n) is 10.6. The van der Waals surface area contributed by atoms with Gasteiger partial charge in [-0.3, -0.25) is 0 Å². The molecule has 2 aliphatic rings. The second kappa shape index (κ2) is 20.2. The molecule has 2 heterocycles. The van der Waals surface area contributed by atoms with E-state index < -0.39 is 28.7 Å². The van der Waals surface area contributed by atoms with Gasteiger partial charge in [0.05, 0.1) is 22.4 Å². The first kappa shape index (κ1) is 43.5. The molecule has 0 saturated carbocycles. The normalized spacial score (nSPS) is 16.8. The molecule has 0 atom stereocenters. The van der Waals surface area contributed by atoms with E-state index in [1.165, 1.54) is 41.7 Å². The van der Waals surface area contributed by atoms with E-state index in [-0.39, 0.29) is 22.4 Å². The van der Waals surface area contributed by atoms with Crippen LogP contribution in [-0.4, -0.2) is 66.5 Å². The molecule has 284 valence electrons. The van der Waals surface area contributed by atoms with Crippen molar-refractivity contribution in [2.45, 2.75) is 77.8 Å². The molecular formula is C48H54B2Ge2O4. The summed E-state index contributed by atoms with van der Waals surface area (Å²) in [6, 6.07) is 65.6. The van der Waals surface area contributed by atoms with Crippen molar-refractivity contribution < 1.29 is 18.6 Å². The fourth-order valence-electron chi connectivity index (χ4n) is 5.73. The monoisotopic (exact) mass is 864 g/mol. The van der Waals surface area contributed by atoms with Gasteiger partial charge >= 0.3 is 252 Å². The zero-order chi connectivity index (χ0) is 40.1. The Labute approximate surface area is 346 Å². The maximum absolute atomic E-state index is 5.21. The molecule has 2 saturated heterocycles. The van der Waals surface area contributed by atoms with Crippen LogP contribution in [0.4, 0.5) is 0 Å². The van der Waals surface area contributed by atoms with E-state index in [9.17, 15) is 0 Å². The first-order chi connectivity index (χ1) is 26.8. The van der Waals surface area contributed by atoms with E-state index in [2.05, 4.69) is 182 Å². The summed E-state index contributed by atoms with van der Waals surface area (Å²) in [6.45, 7) is 16.1. The molecule has 0 amide bonds. The average Bonchev–Trinajstić information content (AvgIpc) is 3.62. The first-order valence-electron chi connectivity index (χ1n) is 19.2. The third-order valence-corrected chi connectivity index (χ3v) is 22.1. The van der Waals surface area contributed by atoms with Gasteiger partial charge in [0.1, 0.15) is 0 Å². The van der Waals surface area contributed by atoms with E-state index in [4.69, 9.17) is 18.6 Å². The first-order valence-corrected chi connectivity index (χ1v) is 25.5. The maximum atomic E-state index is 5.21. The van der Waals surface area contributed by atoms with Crippen LogP contribution in [0.2, 0.25) is 0 Å². The van der Waals surface area contributed by atoms with Gasteiger partial charge < -0.3 is 18.6 Å². The van der Waals surface area contributed by atoms with Crippen LogP contribution in [0.1, 0.15) is 55.4 Å². The Morgan fingerprint density at radius 2 is 0.411 bits per heavy atom. The van der Waals surface area contributed by atoms with Crippen LogP contribution in [0, 0.1) is 0 Å². The summed E-state index contributed by atoms with van der Waals surface area (Å²) in [4.78, 5) is 0. The summed E-state index contributed by atoms with van der Waals surface area (Å²) in [6.07, 6.45) is 0. The zero-order valence-electron chi connectivity index (χ0n) is 34.1. The molecular weight excluding hydrogens is 807 g/mol. The molecule has 2 aliphatic heterocycles. The van der Waals surface area contributed by atoms with Crippen LogP contribution >= 0.6 is 0 Å². The van der Waals surface area contributed by atoms with Gasteiger partial charge in [-0.1, -0.05) is 0 Å².